The first kappa shape index (κ1) is 13.0. The normalized spacial score (nSPS) is 11.3. The highest BCUT2D eigenvalue weighted by Gasteiger charge is 2.35. The van der Waals surface area contributed by atoms with Crippen LogP contribution >= 0.6 is 0 Å². The van der Waals surface area contributed by atoms with Gasteiger partial charge in [0.1, 0.15) is 5.56 Å². The van der Waals surface area contributed by atoms with Crippen molar-refractivity contribution in [2.75, 3.05) is 0 Å². The van der Waals surface area contributed by atoms with Crippen LogP contribution in [0.5, 0.6) is 5.88 Å². The molecule has 2 N–H and O–H groups in total. The summed E-state index contributed by atoms with van der Waals surface area (Å²) in [6.07, 6.45) is -5.14. The van der Waals surface area contributed by atoms with Crippen LogP contribution in [-0.2, 0) is 6.61 Å². The van der Waals surface area contributed by atoms with Crippen molar-refractivity contribution < 1.29 is 27.9 Å². The van der Waals surface area contributed by atoms with E-state index < -0.39 is 40.6 Å². The second kappa shape index (κ2) is 4.41. The molecule has 0 aliphatic carbocycles. The Bertz CT molecular complexity index is 495. The molecule has 0 saturated heterocycles. The van der Waals surface area contributed by atoms with Gasteiger partial charge in [-0.1, -0.05) is 0 Å². The number of nitro groups is 1. The molecule has 1 aromatic rings. The van der Waals surface area contributed by atoms with E-state index in [-0.39, 0.29) is 0 Å². The zero-order chi connectivity index (χ0) is 13.2. The quantitative estimate of drug-likeness (QED) is 0.609. The second-order valence-corrected chi connectivity index (χ2v) is 2.79. The average Bonchev–Trinajstić information content (AvgIpc) is 2.14. The highest BCUT2D eigenvalue weighted by atomic mass is 19.4. The summed E-state index contributed by atoms with van der Waals surface area (Å²) in [5.41, 5.74) is -1.87. The summed E-state index contributed by atoms with van der Waals surface area (Å²) in [5.74, 6) is -2.16. The number of halogens is 3. The van der Waals surface area contributed by atoms with Crippen LogP contribution in [0.15, 0.2) is 10.9 Å². The largest absolute Gasteiger partial charge is 0.575 e. The Morgan fingerprint density at radius 2 is 2.12 bits per heavy atom. The van der Waals surface area contributed by atoms with E-state index in [1.165, 1.54) is 0 Å². The fraction of sp³-hybridized carbons (Fsp3) is 0.286. The van der Waals surface area contributed by atoms with Gasteiger partial charge in [-0.25, -0.2) is 4.98 Å². The van der Waals surface area contributed by atoms with E-state index >= 15 is 0 Å². The lowest BCUT2D eigenvalue weighted by Crippen LogP contribution is -2.22. The first-order chi connectivity index (χ1) is 7.74. The van der Waals surface area contributed by atoms with Crippen molar-refractivity contribution in [2.24, 2.45) is 0 Å². The van der Waals surface area contributed by atoms with Gasteiger partial charge in [0.05, 0.1) is 12.7 Å². The number of hydrogen-bond acceptors (Lipinski definition) is 5. The van der Waals surface area contributed by atoms with E-state index in [1.807, 2.05) is 0 Å². The average molecular weight is 254 g/mol. The van der Waals surface area contributed by atoms with E-state index in [9.17, 15) is 28.1 Å². The summed E-state index contributed by atoms with van der Waals surface area (Å²) < 4.78 is 39.2. The number of aliphatic hydroxyl groups is 1. The molecule has 0 amide bonds. The van der Waals surface area contributed by atoms with Crippen molar-refractivity contribution in [3.05, 3.63) is 32.0 Å². The molecular formula is C7H5F3N2O5. The first-order valence-corrected chi connectivity index (χ1v) is 4.02. The van der Waals surface area contributed by atoms with Crippen LogP contribution in [0.25, 0.3) is 0 Å². The van der Waals surface area contributed by atoms with Gasteiger partial charge in [-0.2, -0.15) is 0 Å². The van der Waals surface area contributed by atoms with Crippen molar-refractivity contribution in [2.45, 2.75) is 13.0 Å². The van der Waals surface area contributed by atoms with Crippen molar-refractivity contribution >= 4 is 5.82 Å². The van der Waals surface area contributed by atoms with Gasteiger partial charge in [0.15, 0.2) is 5.43 Å². The summed E-state index contributed by atoms with van der Waals surface area (Å²) in [5, 5.41) is 19.0. The Kier molecular flexibility index (Phi) is 3.36. The fourth-order valence-corrected chi connectivity index (χ4v) is 1.00. The number of ether oxygens (including phenoxy) is 1. The zero-order valence-electron chi connectivity index (χ0n) is 7.95. The molecule has 0 bridgehead atoms. The van der Waals surface area contributed by atoms with Crippen LogP contribution in [0.3, 0.4) is 0 Å². The minimum atomic E-state index is -5.14. The van der Waals surface area contributed by atoms with E-state index in [0.717, 1.165) is 0 Å². The molecule has 0 saturated carbocycles. The number of pyridine rings is 1. The third-order valence-corrected chi connectivity index (χ3v) is 1.65. The number of H-pyrrole nitrogens is 1. The number of aliphatic hydroxyl groups excluding tert-OH is 1. The Morgan fingerprint density at radius 3 is 2.53 bits per heavy atom. The van der Waals surface area contributed by atoms with Crippen molar-refractivity contribution in [3.63, 3.8) is 0 Å². The van der Waals surface area contributed by atoms with Gasteiger partial charge in [-0.05, 0) is 4.92 Å². The van der Waals surface area contributed by atoms with Gasteiger partial charge in [0, 0.05) is 0 Å². The molecular weight excluding hydrogens is 249 g/mol. The van der Waals surface area contributed by atoms with Crippen LogP contribution in [0.2, 0.25) is 0 Å². The Balaban J connectivity index is 3.34. The maximum Gasteiger partial charge on any atom is 0.575 e. The summed E-state index contributed by atoms with van der Waals surface area (Å²) in [6.45, 7) is -1.04. The molecule has 17 heavy (non-hydrogen) atoms. The fourth-order valence-electron chi connectivity index (χ4n) is 1.00. The SMILES string of the molecule is O=c1cc([N+](=O)[O-])[nH]c(OC(F)(F)F)c1CO. The Morgan fingerprint density at radius 1 is 1.53 bits per heavy atom. The van der Waals surface area contributed by atoms with Gasteiger partial charge in [0.2, 0.25) is 0 Å². The predicted molar refractivity (Wildman–Crippen MR) is 46.3 cm³/mol. The molecule has 0 aliphatic rings. The zero-order valence-corrected chi connectivity index (χ0v) is 7.95. The van der Waals surface area contributed by atoms with Gasteiger partial charge in [0.25, 0.3) is 5.88 Å². The molecule has 0 aromatic carbocycles. The monoisotopic (exact) mass is 254 g/mol. The lowest BCUT2D eigenvalue weighted by Gasteiger charge is -2.08. The highest BCUT2D eigenvalue weighted by Crippen LogP contribution is 2.24. The summed E-state index contributed by atoms with van der Waals surface area (Å²) in [6, 6.07) is 0.453. The molecule has 0 radical (unpaired) electrons. The smallest absolute Gasteiger partial charge is 0.391 e. The third kappa shape index (κ3) is 3.17. The van der Waals surface area contributed by atoms with Gasteiger partial charge < -0.3 is 20.0 Å². The summed E-state index contributed by atoms with van der Waals surface area (Å²) in [4.78, 5) is 22.0. The van der Waals surface area contributed by atoms with Crippen LogP contribution in [-0.4, -0.2) is 21.4 Å². The number of nitrogens with one attached hydrogen (secondary N) is 1. The highest BCUT2D eigenvalue weighted by molar-refractivity contribution is 5.33. The Hall–Kier alpha value is -2.10. The molecule has 0 unspecified atom stereocenters. The molecule has 0 atom stereocenters. The third-order valence-electron chi connectivity index (χ3n) is 1.65. The molecule has 10 heteroatoms. The molecule has 0 fully saturated rings. The number of rotatable bonds is 3. The first-order valence-electron chi connectivity index (χ1n) is 4.02. The molecule has 94 valence electrons. The predicted octanol–water partition coefficient (Wildman–Crippen LogP) is 0.674. The molecule has 1 rings (SSSR count). The molecule has 1 aromatic heterocycles. The number of nitrogens with zero attached hydrogens (tertiary/aromatic N) is 1. The number of aromatic amines is 1. The topological polar surface area (TPSA) is 105 Å². The lowest BCUT2D eigenvalue weighted by molar-refractivity contribution is -0.390. The van der Waals surface area contributed by atoms with Crippen LogP contribution < -0.4 is 10.2 Å². The lowest BCUT2D eigenvalue weighted by atomic mass is 10.2. The molecule has 0 spiro atoms. The van der Waals surface area contributed by atoms with E-state index in [2.05, 4.69) is 4.74 Å². The van der Waals surface area contributed by atoms with Crippen LogP contribution in [0.4, 0.5) is 19.0 Å². The van der Waals surface area contributed by atoms with E-state index in [1.54, 1.807) is 4.98 Å². The number of hydrogen-bond donors (Lipinski definition) is 2. The number of aromatic nitrogens is 1. The summed E-state index contributed by atoms with van der Waals surface area (Å²) >= 11 is 0. The molecule has 7 nitrogen and oxygen atoms in total. The van der Waals surface area contributed by atoms with Gasteiger partial charge in [-0.3, -0.25) is 4.79 Å². The van der Waals surface area contributed by atoms with Crippen LogP contribution in [0, 0.1) is 10.1 Å². The number of alkyl halides is 3. The molecule has 1 heterocycles. The van der Waals surface area contributed by atoms with Crippen molar-refractivity contribution in [1.82, 2.24) is 4.98 Å². The van der Waals surface area contributed by atoms with Crippen molar-refractivity contribution in [1.29, 1.82) is 0 Å². The van der Waals surface area contributed by atoms with Gasteiger partial charge in [-0.15, -0.1) is 13.2 Å². The van der Waals surface area contributed by atoms with Crippen LogP contribution in [0.1, 0.15) is 5.56 Å². The molecule has 0 aliphatic heterocycles. The Labute approximate surface area is 90.6 Å². The van der Waals surface area contributed by atoms with E-state index in [4.69, 9.17) is 5.11 Å². The van der Waals surface area contributed by atoms with Gasteiger partial charge >= 0.3 is 12.2 Å². The summed E-state index contributed by atoms with van der Waals surface area (Å²) in [7, 11) is 0. The minimum Gasteiger partial charge on any atom is -0.391 e. The van der Waals surface area contributed by atoms with Crippen molar-refractivity contribution in [3.8, 4) is 5.88 Å². The second-order valence-electron chi connectivity index (χ2n) is 2.79. The minimum absolute atomic E-state index is 0.453. The standard InChI is InChI=1S/C7H5F3N2O5/c8-7(9,10)17-6-3(2-13)4(14)1-5(11-6)12(15)16/h1,13H,2H2,(H,11,14). The maximum atomic E-state index is 11.9. The van der Waals surface area contributed by atoms with E-state index in [0.29, 0.717) is 6.07 Å². The maximum absolute atomic E-state index is 11.9.